The summed E-state index contributed by atoms with van der Waals surface area (Å²) in [6.07, 6.45) is 0. The van der Waals surface area contributed by atoms with Gasteiger partial charge in [-0.25, -0.2) is 12.8 Å². The molecule has 1 aromatic rings. The number of sulfonamides is 1. The van der Waals surface area contributed by atoms with Crippen LogP contribution in [0.25, 0.3) is 0 Å². The van der Waals surface area contributed by atoms with Gasteiger partial charge < -0.3 is 10.8 Å². The van der Waals surface area contributed by atoms with E-state index in [0.29, 0.717) is 0 Å². The van der Waals surface area contributed by atoms with Gasteiger partial charge in [-0.2, -0.15) is 4.31 Å². The minimum atomic E-state index is -3.94. The van der Waals surface area contributed by atoms with Gasteiger partial charge in [0.25, 0.3) is 0 Å². The molecule has 0 spiro atoms. The van der Waals surface area contributed by atoms with E-state index in [1.807, 2.05) is 0 Å². The lowest BCUT2D eigenvalue weighted by molar-refractivity contribution is 0.117. The number of aliphatic hydroxyl groups excluding tert-OH is 1. The van der Waals surface area contributed by atoms with Crippen molar-refractivity contribution in [1.82, 2.24) is 4.31 Å². The van der Waals surface area contributed by atoms with Crippen molar-refractivity contribution in [3.63, 3.8) is 0 Å². The first-order valence-corrected chi connectivity index (χ1v) is 7.03. The van der Waals surface area contributed by atoms with Crippen LogP contribution in [0.3, 0.4) is 0 Å². The van der Waals surface area contributed by atoms with Crippen LogP contribution in [0, 0.1) is 11.7 Å². The molecule has 1 saturated heterocycles. The van der Waals surface area contributed by atoms with Gasteiger partial charge in [0.2, 0.25) is 10.0 Å². The zero-order chi connectivity index (χ0) is 13.5. The molecule has 0 amide bonds. The van der Waals surface area contributed by atoms with Gasteiger partial charge in [0, 0.05) is 31.3 Å². The molecular weight excluding hydrogens is 283 g/mol. The molecule has 0 aliphatic carbocycles. The molecule has 0 saturated carbocycles. The van der Waals surface area contributed by atoms with E-state index in [9.17, 15) is 12.8 Å². The minimum Gasteiger partial charge on any atom is -0.399 e. The number of rotatable bonds is 3. The first-order valence-electron chi connectivity index (χ1n) is 5.21. The summed E-state index contributed by atoms with van der Waals surface area (Å²) in [6.45, 7) is 0.252. The monoisotopic (exact) mass is 294 g/mol. The highest BCUT2D eigenvalue weighted by atomic mass is 35.5. The molecule has 3 N–H and O–H groups in total. The summed E-state index contributed by atoms with van der Waals surface area (Å²) < 4.78 is 39.0. The number of aliphatic hydroxyl groups is 1. The van der Waals surface area contributed by atoms with E-state index in [-0.39, 0.29) is 36.3 Å². The van der Waals surface area contributed by atoms with Crippen molar-refractivity contribution >= 4 is 27.3 Å². The molecule has 1 heterocycles. The van der Waals surface area contributed by atoms with E-state index < -0.39 is 20.7 Å². The molecule has 100 valence electrons. The summed E-state index contributed by atoms with van der Waals surface area (Å²) in [5.74, 6) is -1.10. The third-order valence-corrected chi connectivity index (χ3v) is 4.92. The summed E-state index contributed by atoms with van der Waals surface area (Å²) >= 11 is 5.57. The van der Waals surface area contributed by atoms with Crippen molar-refractivity contribution in [2.24, 2.45) is 5.92 Å². The molecule has 8 heteroatoms. The molecule has 1 aromatic carbocycles. The fourth-order valence-corrected chi connectivity index (χ4v) is 3.74. The zero-order valence-corrected chi connectivity index (χ0v) is 10.9. The van der Waals surface area contributed by atoms with Gasteiger partial charge in [0.05, 0.1) is 5.02 Å². The molecule has 0 radical (unpaired) electrons. The normalized spacial score (nSPS) is 17.7. The zero-order valence-electron chi connectivity index (χ0n) is 9.31. The number of hydrogen-bond donors (Lipinski definition) is 2. The standard InChI is InChI=1S/C10H12ClFN2O3S/c11-8-1-7(13)2-9(10(8)12)18(16,17)14-3-6(4-14)5-15/h1-2,6,15H,3-5,13H2. The first-order chi connectivity index (χ1) is 8.36. The van der Waals surface area contributed by atoms with Gasteiger partial charge in [-0.1, -0.05) is 11.6 Å². The van der Waals surface area contributed by atoms with E-state index in [1.165, 1.54) is 0 Å². The largest absolute Gasteiger partial charge is 0.399 e. The van der Waals surface area contributed by atoms with Crippen LogP contribution in [0.1, 0.15) is 0 Å². The van der Waals surface area contributed by atoms with E-state index in [2.05, 4.69) is 0 Å². The van der Waals surface area contributed by atoms with Crippen LogP contribution >= 0.6 is 11.6 Å². The molecule has 0 bridgehead atoms. The number of nitrogens with two attached hydrogens (primary N) is 1. The topological polar surface area (TPSA) is 83.6 Å². The number of hydrogen-bond acceptors (Lipinski definition) is 4. The number of halogens is 2. The second-order valence-electron chi connectivity index (χ2n) is 4.19. The molecule has 1 fully saturated rings. The Labute approximate surface area is 109 Å². The third-order valence-electron chi connectivity index (χ3n) is 2.82. The summed E-state index contributed by atoms with van der Waals surface area (Å²) in [7, 11) is -3.94. The van der Waals surface area contributed by atoms with E-state index in [0.717, 1.165) is 16.4 Å². The maximum atomic E-state index is 13.7. The van der Waals surface area contributed by atoms with Crippen molar-refractivity contribution in [1.29, 1.82) is 0 Å². The molecule has 0 aromatic heterocycles. The average Bonchev–Trinajstić information content (AvgIpc) is 2.21. The van der Waals surface area contributed by atoms with Crippen molar-refractivity contribution in [3.05, 3.63) is 23.0 Å². The van der Waals surface area contributed by atoms with Gasteiger partial charge in [-0.3, -0.25) is 0 Å². The maximum Gasteiger partial charge on any atom is 0.246 e. The number of nitrogens with zero attached hydrogens (tertiary/aromatic N) is 1. The van der Waals surface area contributed by atoms with Gasteiger partial charge in [-0.05, 0) is 12.1 Å². The number of nitrogen functional groups attached to an aromatic ring is 1. The molecule has 1 aliphatic rings. The van der Waals surface area contributed by atoms with Crippen molar-refractivity contribution in [2.45, 2.75) is 4.90 Å². The van der Waals surface area contributed by atoms with Crippen LogP contribution < -0.4 is 5.73 Å². The highest BCUT2D eigenvalue weighted by Gasteiger charge is 2.38. The third kappa shape index (κ3) is 2.18. The van der Waals surface area contributed by atoms with Crippen LogP contribution in [0.2, 0.25) is 5.02 Å². The SMILES string of the molecule is Nc1cc(Cl)c(F)c(S(=O)(=O)N2CC(CO)C2)c1. The predicted octanol–water partition coefficient (Wildman–Crippen LogP) is 0.674. The molecule has 0 unspecified atom stereocenters. The summed E-state index contributed by atoms with van der Waals surface area (Å²) in [6, 6.07) is 2.20. The van der Waals surface area contributed by atoms with E-state index in [1.54, 1.807) is 0 Å². The molecule has 2 rings (SSSR count). The lowest BCUT2D eigenvalue weighted by Gasteiger charge is -2.37. The van der Waals surface area contributed by atoms with Gasteiger partial charge >= 0.3 is 0 Å². The van der Waals surface area contributed by atoms with Gasteiger partial charge in [0.1, 0.15) is 4.90 Å². The molecule has 1 aliphatic heterocycles. The van der Waals surface area contributed by atoms with Crippen molar-refractivity contribution < 1.29 is 17.9 Å². The molecule has 0 atom stereocenters. The predicted molar refractivity (Wildman–Crippen MR) is 65.2 cm³/mol. The number of anilines is 1. The van der Waals surface area contributed by atoms with Crippen LogP contribution in [-0.2, 0) is 10.0 Å². The Morgan fingerprint density at radius 2 is 2.11 bits per heavy atom. The van der Waals surface area contributed by atoms with Gasteiger partial charge in [-0.15, -0.1) is 0 Å². The lowest BCUT2D eigenvalue weighted by atomic mass is 10.1. The van der Waals surface area contributed by atoms with Crippen LogP contribution in [-0.4, -0.2) is 37.5 Å². The van der Waals surface area contributed by atoms with Gasteiger partial charge in [0.15, 0.2) is 5.82 Å². The summed E-state index contributed by atoms with van der Waals surface area (Å²) in [5.41, 5.74) is 5.55. The Bertz CT molecular complexity index is 573. The average molecular weight is 295 g/mol. The first kappa shape index (κ1) is 13.5. The van der Waals surface area contributed by atoms with E-state index >= 15 is 0 Å². The maximum absolute atomic E-state index is 13.7. The number of benzene rings is 1. The fourth-order valence-electron chi connectivity index (χ4n) is 1.74. The Kier molecular flexibility index (Phi) is 3.50. The Morgan fingerprint density at radius 3 is 2.67 bits per heavy atom. The Balaban J connectivity index is 2.37. The second kappa shape index (κ2) is 4.65. The van der Waals surface area contributed by atoms with Crippen molar-refractivity contribution in [2.75, 3.05) is 25.4 Å². The fraction of sp³-hybridized carbons (Fsp3) is 0.400. The van der Waals surface area contributed by atoms with Crippen LogP contribution in [0.4, 0.5) is 10.1 Å². The molecule has 18 heavy (non-hydrogen) atoms. The van der Waals surface area contributed by atoms with Crippen molar-refractivity contribution in [3.8, 4) is 0 Å². The highest BCUT2D eigenvalue weighted by molar-refractivity contribution is 7.89. The Morgan fingerprint density at radius 1 is 1.50 bits per heavy atom. The Hall–Kier alpha value is -0.890. The second-order valence-corrected chi connectivity index (χ2v) is 6.50. The van der Waals surface area contributed by atoms with Crippen LogP contribution in [0.15, 0.2) is 17.0 Å². The summed E-state index contributed by atoms with van der Waals surface area (Å²) in [4.78, 5) is -0.524. The highest BCUT2D eigenvalue weighted by Crippen LogP contribution is 2.31. The minimum absolute atomic E-state index is 0.0826. The van der Waals surface area contributed by atoms with Crippen LogP contribution in [0.5, 0.6) is 0 Å². The smallest absolute Gasteiger partial charge is 0.246 e. The quantitative estimate of drug-likeness (QED) is 0.803. The summed E-state index contributed by atoms with van der Waals surface area (Å²) in [5, 5.41) is 8.52. The van der Waals surface area contributed by atoms with E-state index in [4.69, 9.17) is 22.4 Å². The lowest BCUT2D eigenvalue weighted by Crippen LogP contribution is -2.51. The molecule has 5 nitrogen and oxygen atoms in total. The molecular formula is C10H12ClFN2O3S.